The minimum Gasteiger partial charge on any atom is -0.508 e. The van der Waals surface area contributed by atoms with E-state index in [1.807, 2.05) is 30.3 Å². The quantitative estimate of drug-likeness (QED) is 0.465. The first-order chi connectivity index (χ1) is 12.4. The van der Waals surface area contributed by atoms with Crippen molar-refractivity contribution in [3.63, 3.8) is 0 Å². The molecule has 3 atom stereocenters. The summed E-state index contributed by atoms with van der Waals surface area (Å²) in [5.41, 5.74) is 7.38. The molecular formula is C19H22N2O5. The van der Waals surface area contributed by atoms with Crippen LogP contribution < -0.4 is 11.1 Å². The van der Waals surface area contributed by atoms with Crippen molar-refractivity contribution in [3.05, 3.63) is 65.7 Å². The number of nitrogens with two attached hydrogens (primary N) is 1. The van der Waals surface area contributed by atoms with Gasteiger partial charge in [0.25, 0.3) is 5.91 Å². The number of aliphatic carboxylic acids is 1. The Balaban J connectivity index is 1.97. The lowest BCUT2D eigenvalue weighted by Gasteiger charge is -2.21. The highest BCUT2D eigenvalue weighted by atomic mass is 16.4. The zero-order chi connectivity index (χ0) is 19.1. The lowest BCUT2D eigenvalue weighted by atomic mass is 10.0. The van der Waals surface area contributed by atoms with E-state index in [1.165, 1.54) is 12.1 Å². The molecule has 7 heteroatoms. The molecule has 6 N–H and O–H groups in total. The number of rotatable bonds is 8. The third kappa shape index (κ3) is 5.58. The number of aliphatic hydroxyl groups is 1. The minimum atomic E-state index is -1.53. The number of benzene rings is 2. The monoisotopic (exact) mass is 358 g/mol. The second-order valence-corrected chi connectivity index (χ2v) is 6.07. The van der Waals surface area contributed by atoms with Crippen LogP contribution in [0.5, 0.6) is 5.75 Å². The molecular weight excluding hydrogens is 336 g/mol. The van der Waals surface area contributed by atoms with E-state index >= 15 is 0 Å². The van der Waals surface area contributed by atoms with Crippen LogP contribution in [0.25, 0.3) is 0 Å². The van der Waals surface area contributed by atoms with Crippen molar-refractivity contribution in [2.75, 3.05) is 0 Å². The normalized spacial score (nSPS) is 14.2. The van der Waals surface area contributed by atoms with Gasteiger partial charge in [0.05, 0.1) is 0 Å². The molecule has 0 spiro atoms. The molecule has 0 aliphatic carbocycles. The van der Waals surface area contributed by atoms with Crippen LogP contribution in [0.3, 0.4) is 0 Å². The number of aliphatic hydroxyl groups excluding tert-OH is 1. The Kier molecular flexibility index (Phi) is 6.71. The number of carboxylic acid groups (broad SMARTS) is 1. The number of aromatic hydroxyl groups is 1. The molecule has 26 heavy (non-hydrogen) atoms. The second-order valence-electron chi connectivity index (χ2n) is 6.07. The highest BCUT2D eigenvalue weighted by molar-refractivity contribution is 5.86. The van der Waals surface area contributed by atoms with Gasteiger partial charge in [-0.3, -0.25) is 4.79 Å². The Morgan fingerprint density at radius 2 is 1.54 bits per heavy atom. The molecule has 7 nitrogen and oxygen atoms in total. The maximum absolute atomic E-state index is 12.2. The first-order valence-corrected chi connectivity index (χ1v) is 8.15. The van der Waals surface area contributed by atoms with Gasteiger partial charge in [-0.1, -0.05) is 42.5 Å². The summed E-state index contributed by atoms with van der Waals surface area (Å²) < 4.78 is 0. The fourth-order valence-corrected chi connectivity index (χ4v) is 2.52. The maximum Gasteiger partial charge on any atom is 0.326 e. The van der Waals surface area contributed by atoms with Crippen molar-refractivity contribution < 1.29 is 24.9 Å². The largest absolute Gasteiger partial charge is 0.508 e. The highest BCUT2D eigenvalue weighted by Crippen LogP contribution is 2.12. The van der Waals surface area contributed by atoms with Crippen LogP contribution in [0.1, 0.15) is 11.1 Å². The first-order valence-electron chi connectivity index (χ1n) is 8.15. The third-order valence-corrected chi connectivity index (χ3v) is 3.98. The zero-order valence-corrected chi connectivity index (χ0v) is 14.1. The van der Waals surface area contributed by atoms with Gasteiger partial charge in [0.1, 0.15) is 17.9 Å². The molecule has 1 unspecified atom stereocenters. The van der Waals surface area contributed by atoms with Crippen LogP contribution >= 0.6 is 0 Å². The number of amides is 1. The molecule has 0 aromatic heterocycles. The molecule has 0 radical (unpaired) electrons. The van der Waals surface area contributed by atoms with E-state index in [2.05, 4.69) is 5.32 Å². The van der Waals surface area contributed by atoms with Crippen LogP contribution in [0.2, 0.25) is 0 Å². The van der Waals surface area contributed by atoms with Crippen molar-refractivity contribution in [2.45, 2.75) is 31.0 Å². The Morgan fingerprint density at radius 3 is 2.12 bits per heavy atom. The zero-order valence-electron chi connectivity index (χ0n) is 14.1. The fraction of sp³-hybridized carbons (Fsp3) is 0.263. The number of phenols is 1. The van der Waals surface area contributed by atoms with E-state index in [4.69, 9.17) is 5.73 Å². The van der Waals surface area contributed by atoms with E-state index in [1.54, 1.807) is 12.1 Å². The molecule has 0 bridgehead atoms. The molecule has 0 saturated carbocycles. The van der Waals surface area contributed by atoms with Crippen molar-refractivity contribution in [2.24, 2.45) is 5.73 Å². The van der Waals surface area contributed by atoms with Gasteiger partial charge in [-0.25, -0.2) is 4.79 Å². The molecule has 1 amide bonds. The summed E-state index contributed by atoms with van der Waals surface area (Å²) in [6.45, 7) is 0. The first kappa shape index (κ1) is 19.4. The molecule has 138 valence electrons. The summed E-state index contributed by atoms with van der Waals surface area (Å²) in [6, 6.07) is 13.1. The number of carbonyl (C=O) groups is 2. The topological polar surface area (TPSA) is 133 Å². The smallest absolute Gasteiger partial charge is 0.326 e. The average Bonchev–Trinajstić information content (AvgIpc) is 2.62. The maximum atomic E-state index is 12.2. The number of hydrogen-bond donors (Lipinski definition) is 5. The third-order valence-electron chi connectivity index (χ3n) is 3.98. The molecule has 2 rings (SSSR count). The fourth-order valence-electron chi connectivity index (χ4n) is 2.52. The van der Waals surface area contributed by atoms with Gasteiger partial charge >= 0.3 is 5.97 Å². The van der Waals surface area contributed by atoms with E-state index in [0.29, 0.717) is 5.56 Å². The molecule has 2 aromatic rings. The number of carboxylic acids is 1. The average molecular weight is 358 g/mol. The Labute approximate surface area is 151 Å². The van der Waals surface area contributed by atoms with E-state index in [9.17, 15) is 24.9 Å². The standard InChI is InChI=1S/C19H22N2O5/c20-15(10-12-4-2-1-3-5-12)17(23)18(24)21-16(19(25)26)11-13-6-8-14(22)9-7-13/h1-9,15-17,22-23H,10-11,20H2,(H,21,24)(H,25,26)/t15-,16?,17+/m1/s1. The molecule has 2 aromatic carbocycles. The lowest BCUT2D eigenvalue weighted by Crippen LogP contribution is -2.52. The molecule has 0 saturated heterocycles. The van der Waals surface area contributed by atoms with Crippen molar-refractivity contribution in [1.29, 1.82) is 0 Å². The predicted molar refractivity (Wildman–Crippen MR) is 95.5 cm³/mol. The Morgan fingerprint density at radius 1 is 0.962 bits per heavy atom. The van der Waals surface area contributed by atoms with Crippen molar-refractivity contribution >= 4 is 11.9 Å². The Hall–Kier alpha value is -2.90. The van der Waals surface area contributed by atoms with Crippen LogP contribution in [0, 0.1) is 0 Å². The number of carbonyl (C=O) groups excluding carboxylic acids is 1. The van der Waals surface area contributed by atoms with Gasteiger partial charge in [0.2, 0.25) is 0 Å². The summed E-state index contributed by atoms with van der Waals surface area (Å²) in [5.74, 6) is -2.00. The Bertz CT molecular complexity index is 733. The van der Waals surface area contributed by atoms with E-state index in [0.717, 1.165) is 5.56 Å². The van der Waals surface area contributed by atoms with Crippen LogP contribution in [0.15, 0.2) is 54.6 Å². The minimum absolute atomic E-state index is 0.0159. The number of hydrogen-bond acceptors (Lipinski definition) is 5. The molecule has 0 aliphatic heterocycles. The molecule has 0 aliphatic rings. The van der Waals surface area contributed by atoms with Crippen molar-refractivity contribution in [1.82, 2.24) is 5.32 Å². The van der Waals surface area contributed by atoms with Gasteiger partial charge in [-0.15, -0.1) is 0 Å². The summed E-state index contributed by atoms with van der Waals surface area (Å²) in [4.78, 5) is 23.6. The second kappa shape index (κ2) is 8.98. The number of phenolic OH excluding ortho intramolecular Hbond substituents is 1. The summed E-state index contributed by atoms with van der Waals surface area (Å²) in [6.07, 6.45) is -1.23. The van der Waals surface area contributed by atoms with Crippen LogP contribution in [-0.4, -0.2) is 45.4 Å². The van der Waals surface area contributed by atoms with Crippen LogP contribution in [-0.2, 0) is 22.4 Å². The summed E-state index contributed by atoms with van der Waals surface area (Å²) in [5, 5.41) is 31.0. The SMILES string of the molecule is N[C@H](Cc1ccccc1)[C@H](O)C(=O)NC(Cc1ccc(O)cc1)C(=O)O. The summed E-state index contributed by atoms with van der Waals surface area (Å²) in [7, 11) is 0. The highest BCUT2D eigenvalue weighted by Gasteiger charge is 2.28. The van der Waals surface area contributed by atoms with Gasteiger partial charge in [0, 0.05) is 12.5 Å². The summed E-state index contributed by atoms with van der Waals surface area (Å²) >= 11 is 0. The van der Waals surface area contributed by atoms with Crippen LogP contribution in [0.4, 0.5) is 0 Å². The van der Waals surface area contributed by atoms with Gasteiger partial charge < -0.3 is 26.4 Å². The van der Waals surface area contributed by atoms with Crippen molar-refractivity contribution in [3.8, 4) is 5.75 Å². The predicted octanol–water partition coefficient (Wildman–Crippen LogP) is 0.435. The van der Waals surface area contributed by atoms with E-state index in [-0.39, 0.29) is 18.6 Å². The van der Waals surface area contributed by atoms with Gasteiger partial charge in [-0.05, 0) is 29.7 Å². The molecule has 0 heterocycles. The molecule has 0 fully saturated rings. The number of nitrogens with one attached hydrogen (secondary N) is 1. The van der Waals surface area contributed by atoms with Gasteiger partial charge in [-0.2, -0.15) is 0 Å². The van der Waals surface area contributed by atoms with E-state index < -0.39 is 30.1 Å². The lowest BCUT2D eigenvalue weighted by molar-refractivity contribution is -0.143. The van der Waals surface area contributed by atoms with Gasteiger partial charge in [0.15, 0.2) is 0 Å².